The maximum atomic E-state index is 5.91. The van der Waals surface area contributed by atoms with Crippen molar-refractivity contribution in [3.05, 3.63) is 42.1 Å². The van der Waals surface area contributed by atoms with E-state index in [1.54, 1.807) is 0 Å². The zero-order chi connectivity index (χ0) is 12.4. The Morgan fingerprint density at radius 1 is 1.33 bits per heavy atom. The molecule has 0 bridgehead atoms. The highest BCUT2D eigenvalue weighted by molar-refractivity contribution is 5.58. The second-order valence-corrected chi connectivity index (χ2v) is 4.93. The number of nitrogens with zero attached hydrogens (tertiary/aromatic N) is 2. The fraction of sp³-hybridized carbons (Fsp3) is 0.357. The normalized spacial score (nSPS) is 20.4. The number of rotatable bonds is 3. The van der Waals surface area contributed by atoms with Crippen molar-refractivity contribution in [2.45, 2.75) is 19.0 Å². The number of nitrogens with two attached hydrogens (primary N) is 1. The van der Waals surface area contributed by atoms with Crippen LogP contribution in [0.25, 0.3) is 11.3 Å². The van der Waals surface area contributed by atoms with Gasteiger partial charge in [0, 0.05) is 36.9 Å². The van der Waals surface area contributed by atoms with Gasteiger partial charge in [-0.05, 0) is 12.5 Å². The largest absolute Gasteiger partial charge is 0.326 e. The van der Waals surface area contributed by atoms with Gasteiger partial charge in [0.25, 0.3) is 0 Å². The molecule has 3 rings (SSSR count). The van der Waals surface area contributed by atoms with Crippen molar-refractivity contribution in [1.82, 2.24) is 15.1 Å². The van der Waals surface area contributed by atoms with Gasteiger partial charge in [-0.3, -0.25) is 10.00 Å². The summed E-state index contributed by atoms with van der Waals surface area (Å²) < 4.78 is 0. The lowest BCUT2D eigenvalue weighted by atomic mass is 10.1. The topological polar surface area (TPSA) is 57.9 Å². The van der Waals surface area contributed by atoms with Gasteiger partial charge < -0.3 is 5.73 Å². The minimum absolute atomic E-state index is 0.335. The smallest absolute Gasteiger partial charge is 0.0924 e. The summed E-state index contributed by atoms with van der Waals surface area (Å²) in [6.45, 7) is 2.98. The van der Waals surface area contributed by atoms with E-state index in [2.05, 4.69) is 33.3 Å². The van der Waals surface area contributed by atoms with E-state index in [-0.39, 0.29) is 0 Å². The van der Waals surface area contributed by atoms with Crippen LogP contribution in [-0.4, -0.2) is 34.2 Å². The number of H-pyrrole nitrogens is 1. The van der Waals surface area contributed by atoms with E-state index in [1.165, 1.54) is 0 Å². The van der Waals surface area contributed by atoms with Crippen LogP contribution in [0.4, 0.5) is 0 Å². The molecule has 1 fully saturated rings. The van der Waals surface area contributed by atoms with Gasteiger partial charge in [0.1, 0.15) is 0 Å². The van der Waals surface area contributed by atoms with Crippen LogP contribution in [0.3, 0.4) is 0 Å². The molecule has 1 atom stereocenters. The minimum Gasteiger partial charge on any atom is -0.326 e. The first-order valence-electron chi connectivity index (χ1n) is 6.39. The van der Waals surface area contributed by atoms with Gasteiger partial charge in [0.15, 0.2) is 0 Å². The summed E-state index contributed by atoms with van der Waals surface area (Å²) >= 11 is 0. The molecule has 0 amide bonds. The number of benzene rings is 1. The number of aromatic amines is 1. The average Bonchev–Trinajstić information content (AvgIpc) is 3.01. The maximum Gasteiger partial charge on any atom is 0.0924 e. The average molecular weight is 242 g/mol. The molecule has 3 N–H and O–H groups in total. The summed E-state index contributed by atoms with van der Waals surface area (Å²) in [7, 11) is 0. The van der Waals surface area contributed by atoms with E-state index in [0.29, 0.717) is 6.04 Å². The van der Waals surface area contributed by atoms with E-state index >= 15 is 0 Å². The van der Waals surface area contributed by atoms with Crippen molar-refractivity contribution >= 4 is 0 Å². The lowest BCUT2D eigenvalue weighted by Crippen LogP contribution is -2.26. The van der Waals surface area contributed by atoms with Gasteiger partial charge >= 0.3 is 0 Å². The van der Waals surface area contributed by atoms with Crippen LogP contribution in [-0.2, 0) is 6.54 Å². The summed E-state index contributed by atoms with van der Waals surface area (Å²) in [5.41, 5.74) is 9.22. The molecule has 94 valence electrons. The quantitative estimate of drug-likeness (QED) is 0.859. The van der Waals surface area contributed by atoms with Crippen LogP contribution in [0.1, 0.15) is 12.1 Å². The summed E-state index contributed by atoms with van der Waals surface area (Å²) in [5, 5.41) is 7.48. The first-order chi connectivity index (χ1) is 8.81. The molecule has 4 nitrogen and oxygen atoms in total. The zero-order valence-electron chi connectivity index (χ0n) is 10.3. The highest BCUT2D eigenvalue weighted by atomic mass is 15.2. The second-order valence-electron chi connectivity index (χ2n) is 4.93. The summed E-state index contributed by atoms with van der Waals surface area (Å²) in [6.07, 6.45) is 1.10. The molecule has 1 aromatic carbocycles. The van der Waals surface area contributed by atoms with Crippen molar-refractivity contribution in [2.24, 2.45) is 5.73 Å². The fourth-order valence-corrected chi connectivity index (χ4v) is 2.45. The van der Waals surface area contributed by atoms with Gasteiger partial charge in [-0.2, -0.15) is 5.10 Å². The predicted octanol–water partition coefficient (Wildman–Crippen LogP) is 1.61. The van der Waals surface area contributed by atoms with Crippen LogP contribution in [0, 0.1) is 0 Å². The molecular weight excluding hydrogens is 224 g/mol. The number of aromatic nitrogens is 2. The third-order valence-electron chi connectivity index (χ3n) is 3.40. The third-order valence-corrected chi connectivity index (χ3v) is 3.40. The van der Waals surface area contributed by atoms with E-state index in [1.807, 2.05) is 18.2 Å². The Kier molecular flexibility index (Phi) is 3.13. The number of nitrogens with one attached hydrogen (secondary N) is 1. The molecule has 2 heterocycles. The van der Waals surface area contributed by atoms with Crippen LogP contribution < -0.4 is 5.73 Å². The monoisotopic (exact) mass is 242 g/mol. The van der Waals surface area contributed by atoms with Crippen molar-refractivity contribution in [2.75, 3.05) is 13.1 Å². The number of hydrogen-bond acceptors (Lipinski definition) is 3. The molecule has 4 heteroatoms. The minimum atomic E-state index is 0.335. The molecular formula is C14H18N4. The third kappa shape index (κ3) is 2.44. The molecule has 0 unspecified atom stereocenters. The van der Waals surface area contributed by atoms with Crippen molar-refractivity contribution in [1.29, 1.82) is 0 Å². The zero-order valence-corrected chi connectivity index (χ0v) is 10.3. The summed E-state index contributed by atoms with van der Waals surface area (Å²) in [4.78, 5) is 2.37. The SMILES string of the molecule is N[C@@H]1CCN(Cc2cc(-c3ccccc3)n[nH]2)C1. The first kappa shape index (κ1) is 11.4. The fourth-order valence-electron chi connectivity index (χ4n) is 2.45. The Balaban J connectivity index is 1.70. The maximum absolute atomic E-state index is 5.91. The van der Waals surface area contributed by atoms with E-state index in [0.717, 1.165) is 43.0 Å². The Hall–Kier alpha value is -1.65. The molecule has 0 saturated carbocycles. The van der Waals surface area contributed by atoms with Crippen LogP contribution in [0.15, 0.2) is 36.4 Å². The van der Waals surface area contributed by atoms with E-state index in [4.69, 9.17) is 5.73 Å². The number of likely N-dealkylation sites (tertiary alicyclic amines) is 1. The molecule has 1 aromatic heterocycles. The van der Waals surface area contributed by atoms with E-state index in [9.17, 15) is 0 Å². The highest BCUT2D eigenvalue weighted by Crippen LogP contribution is 2.18. The molecule has 1 aliphatic rings. The number of hydrogen-bond donors (Lipinski definition) is 2. The predicted molar refractivity (Wildman–Crippen MR) is 71.9 cm³/mol. The highest BCUT2D eigenvalue weighted by Gasteiger charge is 2.19. The Morgan fingerprint density at radius 3 is 2.89 bits per heavy atom. The van der Waals surface area contributed by atoms with Crippen LogP contribution in [0.2, 0.25) is 0 Å². The van der Waals surface area contributed by atoms with Crippen LogP contribution in [0.5, 0.6) is 0 Å². The molecule has 1 saturated heterocycles. The van der Waals surface area contributed by atoms with Crippen molar-refractivity contribution in [3.63, 3.8) is 0 Å². The van der Waals surface area contributed by atoms with E-state index < -0.39 is 0 Å². The lowest BCUT2D eigenvalue weighted by molar-refractivity contribution is 0.322. The second kappa shape index (κ2) is 4.92. The Bertz CT molecular complexity index is 506. The van der Waals surface area contributed by atoms with Gasteiger partial charge in [0.2, 0.25) is 0 Å². The Labute approximate surface area is 107 Å². The molecule has 0 radical (unpaired) electrons. The summed E-state index contributed by atoms with van der Waals surface area (Å²) in [6, 6.07) is 12.7. The molecule has 18 heavy (non-hydrogen) atoms. The lowest BCUT2D eigenvalue weighted by Gasteiger charge is -2.12. The van der Waals surface area contributed by atoms with Gasteiger partial charge in [0.05, 0.1) is 5.69 Å². The molecule has 1 aliphatic heterocycles. The Morgan fingerprint density at radius 2 is 2.17 bits per heavy atom. The molecule has 0 aliphatic carbocycles. The van der Waals surface area contributed by atoms with Gasteiger partial charge in [-0.15, -0.1) is 0 Å². The van der Waals surface area contributed by atoms with Crippen LogP contribution >= 0.6 is 0 Å². The summed E-state index contributed by atoms with van der Waals surface area (Å²) in [5.74, 6) is 0. The standard InChI is InChI=1S/C14H18N4/c15-12-6-7-18(9-12)10-13-8-14(17-16-13)11-4-2-1-3-5-11/h1-5,8,12H,6-7,9-10,15H2,(H,16,17)/t12-/m1/s1. The van der Waals surface area contributed by atoms with Gasteiger partial charge in [-0.1, -0.05) is 30.3 Å². The van der Waals surface area contributed by atoms with Crippen molar-refractivity contribution < 1.29 is 0 Å². The van der Waals surface area contributed by atoms with Crippen molar-refractivity contribution in [3.8, 4) is 11.3 Å². The first-order valence-corrected chi connectivity index (χ1v) is 6.39. The van der Waals surface area contributed by atoms with Gasteiger partial charge in [-0.25, -0.2) is 0 Å². The molecule has 0 spiro atoms. The molecule has 2 aromatic rings.